The zero-order chi connectivity index (χ0) is 14.2. The normalized spacial score (nSPS) is 15.7. The van der Waals surface area contributed by atoms with Gasteiger partial charge in [0.2, 0.25) is 0 Å². The van der Waals surface area contributed by atoms with Crippen LogP contribution in [-0.2, 0) is 17.6 Å². The number of carbonyl (C=O) groups is 1. The van der Waals surface area contributed by atoms with Gasteiger partial charge in [-0.05, 0) is 39.2 Å². The first kappa shape index (κ1) is 13.2. The number of hydrogen-bond acceptors (Lipinski definition) is 2. The van der Waals surface area contributed by atoms with Gasteiger partial charge < -0.3 is 10.4 Å². The van der Waals surface area contributed by atoms with Gasteiger partial charge in [-0.25, -0.2) is 4.79 Å². The lowest BCUT2D eigenvalue weighted by Crippen LogP contribution is -2.47. The van der Waals surface area contributed by atoms with Gasteiger partial charge in [-0.3, -0.25) is 0 Å². The summed E-state index contributed by atoms with van der Waals surface area (Å²) in [7, 11) is 0. The first-order valence-electron chi connectivity index (χ1n) is 6.44. The summed E-state index contributed by atoms with van der Waals surface area (Å²) in [4.78, 5) is 11.8. The number of para-hydroxylation sites is 1. The van der Waals surface area contributed by atoms with Crippen LogP contribution in [0.25, 0.3) is 0 Å². The molecule has 0 heterocycles. The summed E-state index contributed by atoms with van der Waals surface area (Å²) in [5.41, 5.74) is 2.06. The van der Waals surface area contributed by atoms with E-state index in [9.17, 15) is 9.90 Å². The molecule has 1 aliphatic carbocycles. The Balaban J connectivity index is 1.96. The Bertz CT molecular complexity index is 644. The molecule has 0 saturated heterocycles. The summed E-state index contributed by atoms with van der Waals surface area (Å²) in [6.07, 6.45) is 1.000. The Kier molecular flexibility index (Phi) is 3.26. The van der Waals surface area contributed by atoms with Crippen molar-refractivity contribution in [1.29, 1.82) is 0 Å². The molecule has 3 rings (SSSR count). The summed E-state index contributed by atoms with van der Waals surface area (Å²) in [5.74, 6) is -0.815. The highest BCUT2D eigenvalue weighted by Gasteiger charge is 2.44. The Morgan fingerprint density at radius 2 is 1.60 bits per heavy atom. The molecule has 0 spiro atoms. The van der Waals surface area contributed by atoms with E-state index in [4.69, 9.17) is 0 Å². The molecule has 0 unspecified atom stereocenters. The molecule has 0 amide bonds. The maximum atomic E-state index is 11.8. The SMILES string of the molecule is O=C(O)C1(Nc2ccccc2Br)Cc2ccccc2C1. The second-order valence-corrected chi connectivity index (χ2v) is 5.97. The molecule has 2 N–H and O–H groups in total. The van der Waals surface area contributed by atoms with Crippen molar-refractivity contribution in [2.45, 2.75) is 18.4 Å². The van der Waals surface area contributed by atoms with Gasteiger partial charge in [0.05, 0.1) is 0 Å². The Hall–Kier alpha value is -1.81. The van der Waals surface area contributed by atoms with Crippen LogP contribution in [-0.4, -0.2) is 16.6 Å². The topological polar surface area (TPSA) is 49.3 Å². The number of anilines is 1. The molecule has 0 atom stereocenters. The fraction of sp³-hybridized carbons (Fsp3) is 0.188. The van der Waals surface area contributed by atoms with E-state index in [1.54, 1.807) is 0 Å². The fourth-order valence-electron chi connectivity index (χ4n) is 2.73. The van der Waals surface area contributed by atoms with Crippen LogP contribution in [0.15, 0.2) is 53.0 Å². The second-order valence-electron chi connectivity index (χ2n) is 5.11. The van der Waals surface area contributed by atoms with Gasteiger partial charge in [0, 0.05) is 23.0 Å². The number of fused-ring (bicyclic) bond motifs is 1. The lowest BCUT2D eigenvalue weighted by molar-refractivity contribution is -0.142. The van der Waals surface area contributed by atoms with E-state index in [2.05, 4.69) is 21.2 Å². The van der Waals surface area contributed by atoms with Crippen molar-refractivity contribution in [3.63, 3.8) is 0 Å². The van der Waals surface area contributed by atoms with Crippen LogP contribution in [0.3, 0.4) is 0 Å². The van der Waals surface area contributed by atoms with E-state index in [-0.39, 0.29) is 0 Å². The van der Waals surface area contributed by atoms with E-state index in [1.165, 1.54) is 0 Å². The van der Waals surface area contributed by atoms with Crippen LogP contribution in [0, 0.1) is 0 Å². The van der Waals surface area contributed by atoms with Gasteiger partial charge in [-0.2, -0.15) is 0 Å². The van der Waals surface area contributed by atoms with Crippen molar-refractivity contribution in [3.05, 3.63) is 64.1 Å². The first-order valence-corrected chi connectivity index (χ1v) is 7.23. The molecular weight excluding hydrogens is 318 g/mol. The maximum Gasteiger partial charge on any atom is 0.330 e. The molecule has 2 aromatic carbocycles. The number of halogens is 1. The zero-order valence-electron chi connectivity index (χ0n) is 10.8. The largest absolute Gasteiger partial charge is 0.479 e. The number of nitrogens with one attached hydrogen (secondary N) is 1. The van der Waals surface area contributed by atoms with E-state index in [0.29, 0.717) is 12.8 Å². The summed E-state index contributed by atoms with van der Waals surface area (Å²) in [6, 6.07) is 15.5. The maximum absolute atomic E-state index is 11.8. The van der Waals surface area contributed by atoms with E-state index < -0.39 is 11.5 Å². The number of benzene rings is 2. The molecule has 0 radical (unpaired) electrons. The lowest BCUT2D eigenvalue weighted by atomic mass is 9.95. The monoisotopic (exact) mass is 331 g/mol. The molecule has 20 heavy (non-hydrogen) atoms. The summed E-state index contributed by atoms with van der Waals surface area (Å²) < 4.78 is 0.872. The van der Waals surface area contributed by atoms with Gasteiger partial charge >= 0.3 is 5.97 Å². The van der Waals surface area contributed by atoms with E-state index >= 15 is 0 Å². The minimum atomic E-state index is -0.965. The molecule has 0 aromatic heterocycles. The molecule has 0 aliphatic heterocycles. The molecule has 3 nitrogen and oxygen atoms in total. The molecule has 2 aromatic rings. The Morgan fingerprint density at radius 1 is 1.05 bits per heavy atom. The van der Waals surface area contributed by atoms with Crippen molar-refractivity contribution in [1.82, 2.24) is 0 Å². The number of aliphatic carboxylic acids is 1. The van der Waals surface area contributed by atoms with Gasteiger partial charge in [0.15, 0.2) is 0 Å². The summed E-state index contributed by atoms with van der Waals surface area (Å²) >= 11 is 3.46. The minimum absolute atomic E-state index is 0.500. The molecule has 0 saturated carbocycles. The number of hydrogen-bond donors (Lipinski definition) is 2. The van der Waals surface area contributed by atoms with E-state index in [0.717, 1.165) is 21.3 Å². The van der Waals surface area contributed by atoms with Gasteiger partial charge in [0.25, 0.3) is 0 Å². The number of rotatable bonds is 3. The second kappa shape index (κ2) is 4.94. The predicted molar refractivity (Wildman–Crippen MR) is 82.0 cm³/mol. The Morgan fingerprint density at radius 3 is 2.15 bits per heavy atom. The van der Waals surface area contributed by atoms with Crippen LogP contribution in [0.5, 0.6) is 0 Å². The van der Waals surface area contributed by atoms with E-state index in [1.807, 2.05) is 48.5 Å². The lowest BCUT2D eigenvalue weighted by Gasteiger charge is -2.27. The molecule has 102 valence electrons. The average molecular weight is 332 g/mol. The van der Waals surface area contributed by atoms with Crippen molar-refractivity contribution in [3.8, 4) is 0 Å². The third kappa shape index (κ3) is 2.20. The van der Waals surface area contributed by atoms with Crippen LogP contribution in [0.2, 0.25) is 0 Å². The molecule has 0 fully saturated rings. The molecule has 1 aliphatic rings. The van der Waals surface area contributed by atoms with Crippen molar-refractivity contribution >= 4 is 27.6 Å². The average Bonchev–Trinajstić information content (AvgIpc) is 2.81. The van der Waals surface area contributed by atoms with Gasteiger partial charge in [-0.1, -0.05) is 36.4 Å². The molecule has 0 bridgehead atoms. The summed E-state index contributed by atoms with van der Waals surface area (Å²) in [6.45, 7) is 0. The molecular formula is C16H14BrNO2. The van der Waals surface area contributed by atoms with Gasteiger partial charge in [0.1, 0.15) is 5.54 Å². The van der Waals surface area contributed by atoms with Crippen molar-refractivity contribution < 1.29 is 9.90 Å². The smallest absolute Gasteiger partial charge is 0.330 e. The highest BCUT2D eigenvalue weighted by molar-refractivity contribution is 9.10. The third-order valence-electron chi connectivity index (χ3n) is 3.76. The van der Waals surface area contributed by atoms with Crippen LogP contribution >= 0.6 is 15.9 Å². The predicted octanol–water partition coefficient (Wildman–Crippen LogP) is 3.48. The van der Waals surface area contributed by atoms with Crippen LogP contribution < -0.4 is 5.32 Å². The standard InChI is InChI=1S/C16H14BrNO2/c17-13-7-3-4-8-14(13)18-16(15(19)20)9-11-5-1-2-6-12(11)10-16/h1-8,18H,9-10H2,(H,19,20). The van der Waals surface area contributed by atoms with Crippen LogP contribution in [0.4, 0.5) is 5.69 Å². The van der Waals surface area contributed by atoms with Gasteiger partial charge in [-0.15, -0.1) is 0 Å². The number of carboxylic acids is 1. The fourth-order valence-corrected chi connectivity index (χ4v) is 3.11. The van der Waals surface area contributed by atoms with Crippen molar-refractivity contribution in [2.24, 2.45) is 0 Å². The number of carboxylic acid groups (broad SMARTS) is 1. The summed E-state index contributed by atoms with van der Waals surface area (Å²) in [5, 5.41) is 12.9. The highest BCUT2D eigenvalue weighted by atomic mass is 79.9. The van der Waals surface area contributed by atoms with Crippen LogP contribution in [0.1, 0.15) is 11.1 Å². The minimum Gasteiger partial charge on any atom is -0.479 e. The first-order chi connectivity index (χ1) is 9.61. The molecule has 4 heteroatoms. The Labute approximate surface area is 125 Å². The zero-order valence-corrected chi connectivity index (χ0v) is 12.4. The quantitative estimate of drug-likeness (QED) is 0.905. The van der Waals surface area contributed by atoms with Crippen molar-refractivity contribution in [2.75, 3.05) is 5.32 Å². The highest BCUT2D eigenvalue weighted by Crippen LogP contribution is 2.35. The third-order valence-corrected chi connectivity index (χ3v) is 4.45.